The fourth-order valence-electron chi connectivity index (χ4n) is 1.99. The lowest BCUT2D eigenvalue weighted by atomic mass is 10.2. The molecule has 1 saturated heterocycles. The standard InChI is InChI=1S/C16H9FINOS2/c17-11-3-7-13(8-4-11)19-15(20)14(22-16(19)21)9-10-1-5-12(18)6-2-10/h1-9H/b14-9+. The van der Waals surface area contributed by atoms with Gasteiger partial charge in [0.05, 0.1) is 10.6 Å². The Hall–Kier alpha value is -1.25. The first-order valence-corrected chi connectivity index (χ1v) is 8.64. The van der Waals surface area contributed by atoms with Crippen molar-refractivity contribution in [2.75, 3.05) is 4.90 Å². The third-order valence-corrected chi connectivity index (χ3v) is 5.07. The molecular formula is C16H9FINOS2. The van der Waals surface area contributed by atoms with E-state index in [1.807, 2.05) is 30.3 Å². The van der Waals surface area contributed by atoms with Crippen molar-refractivity contribution < 1.29 is 9.18 Å². The molecule has 22 heavy (non-hydrogen) atoms. The molecule has 0 N–H and O–H groups in total. The lowest BCUT2D eigenvalue weighted by Gasteiger charge is -2.14. The van der Waals surface area contributed by atoms with Crippen molar-refractivity contribution in [3.8, 4) is 0 Å². The number of rotatable bonds is 2. The smallest absolute Gasteiger partial charge is 0.268 e. The minimum absolute atomic E-state index is 0.180. The van der Waals surface area contributed by atoms with Gasteiger partial charge in [-0.3, -0.25) is 9.69 Å². The molecule has 6 heteroatoms. The van der Waals surface area contributed by atoms with Crippen molar-refractivity contribution in [2.45, 2.75) is 0 Å². The number of hydrogen-bond acceptors (Lipinski definition) is 3. The molecule has 0 atom stereocenters. The first kappa shape index (κ1) is 15.6. The molecule has 0 radical (unpaired) electrons. The van der Waals surface area contributed by atoms with Gasteiger partial charge in [-0.15, -0.1) is 0 Å². The summed E-state index contributed by atoms with van der Waals surface area (Å²) in [5.74, 6) is -0.524. The third-order valence-electron chi connectivity index (χ3n) is 3.05. The van der Waals surface area contributed by atoms with E-state index in [4.69, 9.17) is 12.2 Å². The Morgan fingerprint density at radius 1 is 1.09 bits per heavy atom. The maximum absolute atomic E-state index is 13.0. The van der Waals surface area contributed by atoms with Crippen LogP contribution >= 0.6 is 46.6 Å². The minimum Gasteiger partial charge on any atom is -0.268 e. The lowest BCUT2D eigenvalue weighted by Crippen LogP contribution is -2.27. The summed E-state index contributed by atoms with van der Waals surface area (Å²) < 4.78 is 14.6. The fraction of sp³-hybridized carbons (Fsp3) is 0. The number of thiocarbonyl (C=S) groups is 1. The SMILES string of the molecule is O=C1/C(=C\c2ccc(I)cc2)SC(=S)N1c1ccc(F)cc1. The van der Waals surface area contributed by atoms with Crippen LogP contribution in [0.5, 0.6) is 0 Å². The fourth-order valence-corrected chi connectivity index (χ4v) is 3.65. The second-order valence-corrected chi connectivity index (χ2v) is 7.47. The van der Waals surface area contributed by atoms with Crippen LogP contribution in [0.2, 0.25) is 0 Å². The van der Waals surface area contributed by atoms with Gasteiger partial charge in [-0.25, -0.2) is 4.39 Å². The average molecular weight is 441 g/mol. The molecule has 1 fully saturated rings. The van der Waals surface area contributed by atoms with Gasteiger partial charge in [0.25, 0.3) is 5.91 Å². The minimum atomic E-state index is -0.344. The number of carbonyl (C=O) groups excluding carboxylic acids is 1. The van der Waals surface area contributed by atoms with Gasteiger partial charge < -0.3 is 0 Å². The van der Waals surface area contributed by atoms with E-state index < -0.39 is 0 Å². The number of anilines is 1. The number of thioether (sulfide) groups is 1. The van der Waals surface area contributed by atoms with Crippen molar-refractivity contribution in [3.05, 3.63) is 68.4 Å². The van der Waals surface area contributed by atoms with Gasteiger partial charge >= 0.3 is 0 Å². The monoisotopic (exact) mass is 441 g/mol. The molecule has 2 aromatic carbocycles. The van der Waals surface area contributed by atoms with Gasteiger partial charge in [0, 0.05) is 3.57 Å². The molecular weight excluding hydrogens is 432 g/mol. The predicted octanol–water partition coefficient (Wildman–Crippen LogP) is 4.84. The number of carbonyl (C=O) groups is 1. The zero-order valence-electron chi connectivity index (χ0n) is 11.1. The zero-order chi connectivity index (χ0) is 15.7. The summed E-state index contributed by atoms with van der Waals surface area (Å²) in [4.78, 5) is 14.5. The molecule has 2 aromatic rings. The Labute approximate surface area is 150 Å². The molecule has 0 aromatic heterocycles. The number of nitrogens with zero attached hydrogens (tertiary/aromatic N) is 1. The van der Waals surface area contributed by atoms with Crippen molar-refractivity contribution >= 4 is 68.6 Å². The molecule has 0 aliphatic carbocycles. The van der Waals surface area contributed by atoms with E-state index in [1.54, 1.807) is 12.1 Å². The summed E-state index contributed by atoms with van der Waals surface area (Å²) in [7, 11) is 0. The largest absolute Gasteiger partial charge is 0.270 e. The zero-order valence-corrected chi connectivity index (χ0v) is 14.9. The second kappa shape index (κ2) is 6.47. The Kier molecular flexibility index (Phi) is 4.60. The Bertz CT molecular complexity index is 772. The van der Waals surface area contributed by atoms with Crippen LogP contribution in [-0.2, 0) is 4.79 Å². The lowest BCUT2D eigenvalue weighted by molar-refractivity contribution is -0.113. The van der Waals surface area contributed by atoms with E-state index in [9.17, 15) is 9.18 Å². The van der Waals surface area contributed by atoms with E-state index in [2.05, 4.69) is 22.6 Å². The first-order valence-electron chi connectivity index (χ1n) is 6.34. The van der Waals surface area contributed by atoms with Crippen LogP contribution in [-0.4, -0.2) is 10.2 Å². The van der Waals surface area contributed by atoms with Crippen molar-refractivity contribution in [3.63, 3.8) is 0 Å². The highest BCUT2D eigenvalue weighted by molar-refractivity contribution is 14.1. The Morgan fingerprint density at radius 3 is 2.36 bits per heavy atom. The molecule has 0 saturated carbocycles. The quantitative estimate of drug-likeness (QED) is 0.378. The van der Waals surface area contributed by atoms with Crippen molar-refractivity contribution in [1.29, 1.82) is 0 Å². The molecule has 1 aliphatic heterocycles. The highest BCUT2D eigenvalue weighted by Gasteiger charge is 2.33. The van der Waals surface area contributed by atoms with E-state index in [0.717, 1.165) is 9.13 Å². The first-order chi connectivity index (χ1) is 10.5. The summed E-state index contributed by atoms with van der Waals surface area (Å²) in [5.41, 5.74) is 1.52. The predicted molar refractivity (Wildman–Crippen MR) is 101 cm³/mol. The third kappa shape index (κ3) is 3.23. The van der Waals surface area contributed by atoms with Gasteiger partial charge in [0.15, 0.2) is 4.32 Å². The van der Waals surface area contributed by atoms with Crippen LogP contribution in [0.15, 0.2) is 53.4 Å². The summed E-state index contributed by atoms with van der Waals surface area (Å²) in [5, 5.41) is 0. The molecule has 1 heterocycles. The van der Waals surface area contributed by atoms with E-state index in [-0.39, 0.29) is 11.7 Å². The number of benzene rings is 2. The van der Waals surface area contributed by atoms with E-state index in [1.165, 1.54) is 28.8 Å². The molecule has 0 unspecified atom stereocenters. The topological polar surface area (TPSA) is 20.3 Å². The molecule has 1 aliphatic rings. The molecule has 3 rings (SSSR count). The average Bonchev–Trinajstić information content (AvgIpc) is 2.77. The van der Waals surface area contributed by atoms with Crippen molar-refractivity contribution in [2.24, 2.45) is 0 Å². The molecule has 110 valence electrons. The van der Waals surface area contributed by atoms with Gasteiger partial charge in [0.1, 0.15) is 5.82 Å². The van der Waals surface area contributed by atoms with Gasteiger partial charge in [-0.05, 0) is 70.6 Å². The number of halogens is 2. The number of amides is 1. The summed E-state index contributed by atoms with van der Waals surface area (Å²) in [6.45, 7) is 0. The normalized spacial score (nSPS) is 16.6. The summed E-state index contributed by atoms with van der Waals surface area (Å²) in [6.07, 6.45) is 1.82. The van der Waals surface area contributed by atoms with Crippen LogP contribution in [0.4, 0.5) is 10.1 Å². The van der Waals surface area contributed by atoms with Gasteiger partial charge in [0.2, 0.25) is 0 Å². The maximum Gasteiger partial charge on any atom is 0.270 e. The highest BCUT2D eigenvalue weighted by Crippen LogP contribution is 2.36. The van der Waals surface area contributed by atoms with Crippen LogP contribution in [0.1, 0.15) is 5.56 Å². The Morgan fingerprint density at radius 2 is 1.73 bits per heavy atom. The van der Waals surface area contributed by atoms with Crippen LogP contribution in [0, 0.1) is 9.39 Å². The summed E-state index contributed by atoms with van der Waals surface area (Å²) >= 11 is 8.76. The maximum atomic E-state index is 13.0. The van der Waals surface area contributed by atoms with Crippen LogP contribution < -0.4 is 4.90 Å². The summed E-state index contributed by atoms with van der Waals surface area (Å²) in [6, 6.07) is 13.6. The molecule has 0 spiro atoms. The van der Waals surface area contributed by atoms with Crippen molar-refractivity contribution in [1.82, 2.24) is 0 Å². The van der Waals surface area contributed by atoms with E-state index >= 15 is 0 Å². The van der Waals surface area contributed by atoms with E-state index in [0.29, 0.717) is 14.9 Å². The van der Waals surface area contributed by atoms with Gasteiger partial charge in [-0.2, -0.15) is 0 Å². The molecule has 1 amide bonds. The van der Waals surface area contributed by atoms with Gasteiger partial charge in [-0.1, -0.05) is 36.1 Å². The second-order valence-electron chi connectivity index (χ2n) is 4.55. The van der Waals surface area contributed by atoms with Crippen LogP contribution in [0.25, 0.3) is 6.08 Å². The highest BCUT2D eigenvalue weighted by atomic mass is 127. The molecule has 0 bridgehead atoms. The molecule has 2 nitrogen and oxygen atoms in total. The Balaban J connectivity index is 1.91. The number of hydrogen-bond donors (Lipinski definition) is 0. The van der Waals surface area contributed by atoms with Crippen LogP contribution in [0.3, 0.4) is 0 Å².